The van der Waals surface area contributed by atoms with E-state index in [9.17, 15) is 9.59 Å². The molecule has 0 spiro atoms. The molecule has 2 rings (SSSR count). The van der Waals surface area contributed by atoms with Crippen LogP contribution in [-0.2, 0) is 14.3 Å². The van der Waals surface area contributed by atoms with Gasteiger partial charge in [0.15, 0.2) is 0 Å². The summed E-state index contributed by atoms with van der Waals surface area (Å²) in [6.07, 6.45) is 14.6. The van der Waals surface area contributed by atoms with Crippen molar-refractivity contribution in [1.29, 1.82) is 0 Å². The Bertz CT molecular complexity index is 432. The number of hydrogen-bond donors (Lipinski definition) is 1. The largest absolute Gasteiger partial charge is 0.462 e. The van der Waals surface area contributed by atoms with Crippen molar-refractivity contribution >= 4 is 11.9 Å². The van der Waals surface area contributed by atoms with Crippen molar-refractivity contribution in [2.24, 2.45) is 11.8 Å². The first-order valence-corrected chi connectivity index (χ1v) is 10.3. The summed E-state index contributed by atoms with van der Waals surface area (Å²) in [6.45, 7) is 5.72. The third-order valence-corrected chi connectivity index (χ3v) is 5.88. The van der Waals surface area contributed by atoms with Crippen molar-refractivity contribution in [2.45, 2.75) is 96.1 Å². The lowest BCUT2D eigenvalue weighted by Crippen LogP contribution is -2.38. The van der Waals surface area contributed by atoms with Gasteiger partial charge in [-0.05, 0) is 63.4 Å². The number of ether oxygens (including phenoxy) is 1. The van der Waals surface area contributed by atoms with Crippen LogP contribution in [0.25, 0.3) is 0 Å². The maximum Gasteiger partial charge on any atom is 0.309 e. The second-order valence-electron chi connectivity index (χ2n) is 7.84. The van der Waals surface area contributed by atoms with Crippen molar-refractivity contribution in [3.05, 3.63) is 12.7 Å². The Balaban J connectivity index is 1.63. The first kappa shape index (κ1) is 20.0. The van der Waals surface area contributed by atoms with E-state index in [4.69, 9.17) is 4.74 Å². The molecule has 2 aliphatic rings. The molecule has 1 N–H and O–H groups in total. The zero-order valence-corrected chi connectivity index (χ0v) is 15.8. The van der Waals surface area contributed by atoms with Crippen molar-refractivity contribution in [3.63, 3.8) is 0 Å². The summed E-state index contributed by atoms with van der Waals surface area (Å²) < 4.78 is 5.80. The van der Waals surface area contributed by atoms with Crippen LogP contribution in [0.1, 0.15) is 84.0 Å². The van der Waals surface area contributed by atoms with Gasteiger partial charge in [-0.2, -0.15) is 0 Å². The van der Waals surface area contributed by atoms with Gasteiger partial charge in [-0.25, -0.2) is 0 Å². The molecular formula is C21H35NO3. The molecule has 25 heavy (non-hydrogen) atoms. The summed E-state index contributed by atoms with van der Waals surface area (Å²) in [7, 11) is 0. The maximum absolute atomic E-state index is 12.4. The monoisotopic (exact) mass is 349 g/mol. The average molecular weight is 350 g/mol. The first-order valence-electron chi connectivity index (χ1n) is 10.3. The fourth-order valence-electron chi connectivity index (χ4n) is 4.22. The van der Waals surface area contributed by atoms with Crippen molar-refractivity contribution < 1.29 is 14.3 Å². The zero-order chi connectivity index (χ0) is 18.1. The minimum atomic E-state index is -0.123. The van der Waals surface area contributed by atoms with E-state index in [2.05, 4.69) is 18.8 Å². The highest BCUT2D eigenvalue weighted by Gasteiger charge is 2.30. The van der Waals surface area contributed by atoms with Crippen LogP contribution in [-0.4, -0.2) is 24.0 Å². The van der Waals surface area contributed by atoms with Crippen LogP contribution in [0.3, 0.4) is 0 Å². The molecule has 0 aromatic rings. The highest BCUT2D eigenvalue weighted by atomic mass is 16.5. The molecule has 2 aliphatic carbocycles. The molecule has 0 atom stereocenters. The van der Waals surface area contributed by atoms with E-state index in [-0.39, 0.29) is 29.9 Å². The Morgan fingerprint density at radius 2 is 1.72 bits per heavy atom. The maximum atomic E-state index is 12.4. The molecule has 0 aromatic carbocycles. The third-order valence-electron chi connectivity index (χ3n) is 5.88. The number of carbonyl (C=O) groups excluding carboxylic acids is 2. The van der Waals surface area contributed by atoms with E-state index >= 15 is 0 Å². The number of rotatable bonds is 8. The van der Waals surface area contributed by atoms with Crippen LogP contribution in [0.2, 0.25) is 0 Å². The van der Waals surface area contributed by atoms with Crippen LogP contribution < -0.4 is 5.32 Å². The molecule has 2 fully saturated rings. The summed E-state index contributed by atoms with van der Waals surface area (Å²) in [5.41, 5.74) is 0. The van der Waals surface area contributed by atoms with Gasteiger partial charge in [0.2, 0.25) is 5.91 Å². The number of nitrogens with one attached hydrogen (secondary N) is 1. The molecule has 4 nitrogen and oxygen atoms in total. The standard InChI is InChI=1S/C21H35NO3/c1-3-5-6-7-16-8-14-19(15-9-16)25-21(24)17-10-12-18(13-11-17)22-20(23)4-2/h4,16-19H,2-3,5-15H2,1H3,(H,22,23). The fraction of sp³-hybridized carbons (Fsp3) is 0.810. The quantitative estimate of drug-likeness (QED) is 0.398. The van der Waals surface area contributed by atoms with Crippen LogP contribution in [0, 0.1) is 11.8 Å². The SMILES string of the molecule is C=CC(=O)NC1CCC(C(=O)OC2CCC(CCCCC)CC2)CC1. The van der Waals surface area contributed by atoms with Gasteiger partial charge in [0.25, 0.3) is 0 Å². The van der Waals surface area contributed by atoms with E-state index < -0.39 is 0 Å². The minimum absolute atomic E-state index is 0.0112. The van der Waals surface area contributed by atoms with Gasteiger partial charge in [0, 0.05) is 6.04 Å². The zero-order valence-electron chi connectivity index (χ0n) is 15.8. The number of unbranched alkanes of at least 4 members (excludes halogenated alkanes) is 2. The van der Waals surface area contributed by atoms with E-state index in [1.54, 1.807) is 0 Å². The number of esters is 1. The summed E-state index contributed by atoms with van der Waals surface area (Å²) >= 11 is 0. The molecule has 0 heterocycles. The first-order chi connectivity index (χ1) is 12.1. The molecule has 0 unspecified atom stereocenters. The molecule has 0 aliphatic heterocycles. The molecule has 0 bridgehead atoms. The molecular weight excluding hydrogens is 314 g/mol. The highest BCUT2D eigenvalue weighted by molar-refractivity contribution is 5.87. The molecule has 1 amide bonds. The summed E-state index contributed by atoms with van der Waals surface area (Å²) in [5, 5.41) is 2.93. The Labute approximate surface area is 152 Å². The van der Waals surface area contributed by atoms with Crippen LogP contribution in [0.4, 0.5) is 0 Å². The number of carbonyl (C=O) groups is 2. The topological polar surface area (TPSA) is 55.4 Å². The summed E-state index contributed by atoms with van der Waals surface area (Å²) in [5.74, 6) is 0.717. The third kappa shape index (κ3) is 6.83. The lowest BCUT2D eigenvalue weighted by atomic mass is 9.83. The Kier molecular flexibility index (Phi) is 8.50. The van der Waals surface area contributed by atoms with E-state index in [1.807, 2.05) is 0 Å². The predicted octanol–water partition coefficient (Wildman–Crippen LogP) is 4.53. The summed E-state index contributed by atoms with van der Waals surface area (Å²) in [6, 6.07) is 0.174. The highest BCUT2D eigenvalue weighted by Crippen LogP contribution is 2.32. The Morgan fingerprint density at radius 1 is 1.04 bits per heavy atom. The van der Waals surface area contributed by atoms with Crippen LogP contribution in [0.5, 0.6) is 0 Å². The van der Waals surface area contributed by atoms with Gasteiger partial charge in [0.1, 0.15) is 6.10 Å². The van der Waals surface area contributed by atoms with Crippen LogP contribution >= 0.6 is 0 Å². The van der Waals surface area contributed by atoms with Crippen molar-refractivity contribution in [1.82, 2.24) is 5.32 Å². The van der Waals surface area contributed by atoms with Gasteiger partial charge in [-0.15, -0.1) is 0 Å². The number of amides is 1. The van der Waals surface area contributed by atoms with E-state index in [1.165, 1.54) is 44.6 Å². The average Bonchev–Trinajstić information content (AvgIpc) is 2.64. The molecule has 0 radical (unpaired) electrons. The van der Waals surface area contributed by atoms with E-state index in [0.29, 0.717) is 0 Å². The second-order valence-corrected chi connectivity index (χ2v) is 7.84. The van der Waals surface area contributed by atoms with Gasteiger partial charge in [-0.3, -0.25) is 9.59 Å². The lowest BCUT2D eigenvalue weighted by molar-refractivity contribution is -0.157. The van der Waals surface area contributed by atoms with Gasteiger partial charge in [0.05, 0.1) is 5.92 Å². The molecule has 2 saturated carbocycles. The van der Waals surface area contributed by atoms with Crippen LogP contribution in [0.15, 0.2) is 12.7 Å². The second kappa shape index (κ2) is 10.6. The molecule has 142 valence electrons. The Morgan fingerprint density at radius 3 is 2.32 bits per heavy atom. The fourth-order valence-corrected chi connectivity index (χ4v) is 4.22. The molecule has 0 saturated heterocycles. The summed E-state index contributed by atoms with van der Waals surface area (Å²) in [4.78, 5) is 23.8. The molecule has 4 heteroatoms. The van der Waals surface area contributed by atoms with E-state index in [0.717, 1.165) is 44.4 Å². The van der Waals surface area contributed by atoms with Crippen molar-refractivity contribution in [2.75, 3.05) is 0 Å². The predicted molar refractivity (Wildman–Crippen MR) is 100 cm³/mol. The lowest BCUT2D eigenvalue weighted by Gasteiger charge is -2.31. The Hall–Kier alpha value is -1.32. The van der Waals surface area contributed by atoms with Gasteiger partial charge >= 0.3 is 5.97 Å². The van der Waals surface area contributed by atoms with Gasteiger partial charge in [-0.1, -0.05) is 39.2 Å². The number of hydrogen-bond acceptors (Lipinski definition) is 3. The minimum Gasteiger partial charge on any atom is -0.462 e. The molecule has 0 aromatic heterocycles. The van der Waals surface area contributed by atoms with Gasteiger partial charge < -0.3 is 10.1 Å². The smallest absolute Gasteiger partial charge is 0.309 e. The van der Waals surface area contributed by atoms with Crippen molar-refractivity contribution in [3.8, 4) is 0 Å². The normalized spacial score (nSPS) is 29.6.